The van der Waals surface area contributed by atoms with Crippen LogP contribution < -0.4 is 4.74 Å². The van der Waals surface area contributed by atoms with Gasteiger partial charge in [-0.05, 0) is 78.5 Å². The van der Waals surface area contributed by atoms with Crippen molar-refractivity contribution >= 4 is 11.8 Å². The molecule has 180 valence electrons. The van der Waals surface area contributed by atoms with Crippen molar-refractivity contribution < 1.29 is 4.74 Å². The summed E-state index contributed by atoms with van der Waals surface area (Å²) in [4.78, 5) is 4.70. The van der Waals surface area contributed by atoms with E-state index in [-0.39, 0.29) is 0 Å². The zero-order valence-corrected chi connectivity index (χ0v) is 20.9. The summed E-state index contributed by atoms with van der Waals surface area (Å²) < 4.78 is 6.28. The third-order valence-corrected chi connectivity index (χ3v) is 6.93. The molecule has 2 heteroatoms. The van der Waals surface area contributed by atoms with Crippen molar-refractivity contribution in [3.8, 4) is 11.5 Å². The summed E-state index contributed by atoms with van der Waals surface area (Å²) in [5.74, 6) is 2.44. The van der Waals surface area contributed by atoms with Crippen molar-refractivity contribution in [1.29, 1.82) is 0 Å². The molecule has 4 aromatic carbocycles. The highest BCUT2D eigenvalue weighted by molar-refractivity contribution is 5.98. The van der Waals surface area contributed by atoms with Crippen molar-refractivity contribution in [2.24, 2.45) is 4.99 Å². The minimum atomic E-state index is 0.448. The molecule has 1 unspecified atom stereocenters. The fraction of sp³-hybridized carbons (Fsp3) is 0.206. The second-order valence-corrected chi connectivity index (χ2v) is 9.45. The highest BCUT2D eigenvalue weighted by Crippen LogP contribution is 2.40. The van der Waals surface area contributed by atoms with Gasteiger partial charge in [0.25, 0.3) is 0 Å². The summed E-state index contributed by atoms with van der Waals surface area (Å²) in [5.41, 5.74) is 7.53. The normalized spacial score (nSPS) is 15.1. The highest BCUT2D eigenvalue weighted by atomic mass is 16.5. The van der Waals surface area contributed by atoms with Crippen LogP contribution >= 0.6 is 0 Å². The van der Waals surface area contributed by atoms with Gasteiger partial charge in [-0.3, -0.25) is 4.99 Å². The second-order valence-electron chi connectivity index (χ2n) is 9.45. The Morgan fingerprint density at radius 2 is 1.56 bits per heavy atom. The maximum atomic E-state index is 6.28. The van der Waals surface area contributed by atoms with Gasteiger partial charge in [0, 0.05) is 12.3 Å². The maximum absolute atomic E-state index is 6.28. The van der Waals surface area contributed by atoms with Gasteiger partial charge in [-0.15, -0.1) is 0 Å². The number of ether oxygens (including phenoxy) is 1. The summed E-state index contributed by atoms with van der Waals surface area (Å²) >= 11 is 0. The first-order valence-corrected chi connectivity index (χ1v) is 12.9. The summed E-state index contributed by atoms with van der Waals surface area (Å²) in [6.07, 6.45) is 8.53. The van der Waals surface area contributed by atoms with Crippen molar-refractivity contribution in [2.45, 2.75) is 38.5 Å². The molecule has 0 spiro atoms. The van der Waals surface area contributed by atoms with Gasteiger partial charge in [0.05, 0.1) is 0 Å². The molecule has 5 rings (SSSR count). The molecule has 4 aromatic rings. The van der Waals surface area contributed by atoms with Crippen LogP contribution in [-0.2, 0) is 12.8 Å². The Labute approximate surface area is 215 Å². The van der Waals surface area contributed by atoms with Crippen LogP contribution in [0.4, 0.5) is 0 Å². The Morgan fingerprint density at radius 1 is 0.833 bits per heavy atom. The fourth-order valence-corrected chi connectivity index (χ4v) is 4.87. The third-order valence-electron chi connectivity index (χ3n) is 6.93. The molecular weight excluding hydrogens is 438 g/mol. The van der Waals surface area contributed by atoms with Gasteiger partial charge < -0.3 is 4.74 Å². The van der Waals surface area contributed by atoms with Gasteiger partial charge in [0.2, 0.25) is 0 Å². The first kappa shape index (κ1) is 23.8. The van der Waals surface area contributed by atoms with Gasteiger partial charge in [-0.25, -0.2) is 0 Å². The molecule has 36 heavy (non-hydrogen) atoms. The quantitative estimate of drug-likeness (QED) is 0.186. The van der Waals surface area contributed by atoms with Gasteiger partial charge in [0.1, 0.15) is 11.5 Å². The average Bonchev–Trinajstić information content (AvgIpc) is 3.09. The van der Waals surface area contributed by atoms with Crippen LogP contribution in [0.1, 0.15) is 53.5 Å². The number of aliphatic imine (C=N–C) groups is 1. The minimum Gasteiger partial charge on any atom is -0.457 e. The monoisotopic (exact) mass is 471 g/mol. The molecule has 0 saturated carbocycles. The van der Waals surface area contributed by atoms with Crippen molar-refractivity contribution in [3.63, 3.8) is 0 Å². The topological polar surface area (TPSA) is 21.6 Å². The lowest BCUT2D eigenvalue weighted by Crippen LogP contribution is -2.04. The fourth-order valence-electron chi connectivity index (χ4n) is 4.87. The number of fused-ring (bicyclic) bond motifs is 2. The van der Waals surface area contributed by atoms with E-state index >= 15 is 0 Å². The maximum Gasteiger partial charge on any atom is 0.130 e. The third kappa shape index (κ3) is 6.01. The molecule has 0 aromatic heterocycles. The zero-order chi connectivity index (χ0) is 24.6. The van der Waals surface area contributed by atoms with E-state index < -0.39 is 0 Å². The number of aryl methyl sites for hydroxylation is 1. The van der Waals surface area contributed by atoms with E-state index in [1.807, 2.05) is 6.07 Å². The molecule has 0 bridgehead atoms. The molecular formula is C34H33NO. The molecule has 2 nitrogen and oxygen atoms in total. The molecule has 1 aliphatic heterocycles. The molecule has 0 radical (unpaired) electrons. The second kappa shape index (κ2) is 11.7. The SMILES string of the molecule is CC(=NCC/C=C/c1ccc(CCC2Cc3ccccc3Oc3ccccc32)cc1)c1ccccc1. The zero-order valence-electron chi connectivity index (χ0n) is 20.9. The highest BCUT2D eigenvalue weighted by Gasteiger charge is 2.22. The molecule has 1 atom stereocenters. The summed E-state index contributed by atoms with van der Waals surface area (Å²) in [7, 11) is 0. The van der Waals surface area contributed by atoms with Crippen LogP contribution in [-0.4, -0.2) is 12.3 Å². The van der Waals surface area contributed by atoms with Crippen molar-refractivity contribution in [2.75, 3.05) is 6.54 Å². The van der Waals surface area contributed by atoms with Crippen LogP contribution in [0.15, 0.2) is 114 Å². The predicted octanol–water partition coefficient (Wildman–Crippen LogP) is 8.66. The average molecular weight is 472 g/mol. The number of rotatable bonds is 8. The largest absolute Gasteiger partial charge is 0.457 e. The van der Waals surface area contributed by atoms with E-state index in [9.17, 15) is 0 Å². The Kier molecular flexibility index (Phi) is 7.73. The van der Waals surface area contributed by atoms with E-state index in [2.05, 4.69) is 116 Å². The number of para-hydroxylation sites is 2. The number of hydrogen-bond acceptors (Lipinski definition) is 2. The summed E-state index contributed by atoms with van der Waals surface area (Å²) in [6.45, 7) is 2.89. The van der Waals surface area contributed by atoms with Crippen molar-refractivity contribution in [1.82, 2.24) is 0 Å². The Hall–Kier alpha value is -3.91. The van der Waals surface area contributed by atoms with Gasteiger partial charge in [0.15, 0.2) is 0 Å². The van der Waals surface area contributed by atoms with Gasteiger partial charge >= 0.3 is 0 Å². The van der Waals surface area contributed by atoms with Crippen molar-refractivity contribution in [3.05, 3.63) is 137 Å². The lowest BCUT2D eigenvalue weighted by Gasteiger charge is -2.17. The van der Waals surface area contributed by atoms with E-state index in [1.165, 1.54) is 27.8 Å². The first-order valence-electron chi connectivity index (χ1n) is 12.9. The summed E-state index contributed by atoms with van der Waals surface area (Å²) in [6, 6.07) is 36.3. The van der Waals surface area contributed by atoms with Crippen LogP contribution in [0.3, 0.4) is 0 Å². The minimum absolute atomic E-state index is 0.448. The molecule has 1 aliphatic rings. The van der Waals surface area contributed by atoms with E-state index in [0.717, 1.165) is 49.4 Å². The van der Waals surface area contributed by atoms with Gasteiger partial charge in [-0.2, -0.15) is 0 Å². The lowest BCUT2D eigenvalue weighted by molar-refractivity contribution is 0.477. The molecule has 1 heterocycles. The standard InChI is InChI=1S/C34H33NO/c1-26(29-12-3-2-4-13-29)35-24-10-9-11-27-18-20-28(21-19-27)22-23-30-25-31-14-5-7-16-33(31)36-34-17-8-6-15-32(30)34/h2-9,11-21,30H,10,22-25H2,1H3/b11-9+,35-26?. The number of nitrogens with zero attached hydrogens (tertiary/aromatic N) is 1. The predicted molar refractivity (Wildman–Crippen MR) is 151 cm³/mol. The lowest BCUT2D eigenvalue weighted by atomic mass is 9.87. The first-order chi connectivity index (χ1) is 17.8. The molecule has 0 aliphatic carbocycles. The summed E-state index contributed by atoms with van der Waals surface area (Å²) in [5, 5.41) is 0. The van der Waals surface area contributed by atoms with E-state index in [0.29, 0.717) is 5.92 Å². The Bertz CT molecular complexity index is 1340. The Balaban J connectivity index is 1.16. The molecule has 0 saturated heterocycles. The smallest absolute Gasteiger partial charge is 0.130 e. The van der Waals surface area contributed by atoms with Gasteiger partial charge in [-0.1, -0.05) is 103 Å². The van der Waals surface area contributed by atoms with Crippen LogP contribution in [0, 0.1) is 0 Å². The molecule has 0 fully saturated rings. The van der Waals surface area contributed by atoms with E-state index in [1.54, 1.807) is 0 Å². The Morgan fingerprint density at radius 3 is 2.39 bits per heavy atom. The number of hydrogen-bond donors (Lipinski definition) is 0. The van der Waals surface area contributed by atoms with E-state index in [4.69, 9.17) is 9.73 Å². The number of benzene rings is 4. The van der Waals surface area contributed by atoms with Crippen LogP contribution in [0.25, 0.3) is 6.08 Å². The van der Waals surface area contributed by atoms with Crippen LogP contribution in [0.5, 0.6) is 11.5 Å². The van der Waals surface area contributed by atoms with Crippen LogP contribution in [0.2, 0.25) is 0 Å². The molecule has 0 amide bonds. The molecule has 0 N–H and O–H groups in total.